The summed E-state index contributed by atoms with van der Waals surface area (Å²) in [5.41, 5.74) is 3.08. The van der Waals surface area contributed by atoms with Crippen molar-refractivity contribution in [1.82, 2.24) is 15.1 Å². The third kappa shape index (κ3) is 8.91. The maximum atomic E-state index is 12.9. The molecule has 1 heterocycles. The Morgan fingerprint density at radius 2 is 1.67 bits per heavy atom. The zero-order chi connectivity index (χ0) is 28.4. The highest BCUT2D eigenvalue weighted by Crippen LogP contribution is 2.27. The molecule has 5 amide bonds. The monoisotopic (exact) mass is 539 g/mol. The van der Waals surface area contributed by atoms with E-state index in [1.165, 1.54) is 7.11 Å². The van der Waals surface area contributed by atoms with Crippen LogP contribution >= 0.6 is 0 Å². The van der Waals surface area contributed by atoms with Crippen molar-refractivity contribution in [2.75, 3.05) is 43.9 Å². The Hall–Kier alpha value is -4.28. The van der Waals surface area contributed by atoms with Crippen LogP contribution in [0.2, 0.25) is 0 Å². The van der Waals surface area contributed by atoms with Gasteiger partial charge < -0.3 is 35.6 Å². The molecule has 2 aromatic rings. The third-order valence-electron chi connectivity index (χ3n) is 6.52. The molecule has 0 saturated carbocycles. The predicted octanol–water partition coefficient (Wildman–Crippen LogP) is 3.69. The van der Waals surface area contributed by atoms with Crippen LogP contribution in [0.4, 0.5) is 21.0 Å². The Kier molecular flexibility index (Phi) is 10.5. The molecule has 1 unspecified atom stereocenters. The molecule has 0 aliphatic carbocycles. The number of benzene rings is 2. The number of hydrogen-bond donors (Lipinski definition) is 4. The molecule has 4 N–H and O–H groups in total. The van der Waals surface area contributed by atoms with E-state index >= 15 is 0 Å². The molecule has 0 aromatic heterocycles. The summed E-state index contributed by atoms with van der Waals surface area (Å²) in [5, 5.41) is 17.2. The number of carbonyl (C=O) groups is 4. The molecule has 1 aliphatic heterocycles. The van der Waals surface area contributed by atoms with Crippen LogP contribution in [0, 0.1) is 6.92 Å². The molecule has 1 atom stereocenters. The lowest BCUT2D eigenvalue weighted by Crippen LogP contribution is -2.46. The predicted molar refractivity (Wildman–Crippen MR) is 148 cm³/mol. The van der Waals surface area contributed by atoms with E-state index in [1.807, 2.05) is 43.3 Å². The molecule has 2 aromatic carbocycles. The maximum absolute atomic E-state index is 12.9. The molecular formula is C28H37N5O6. The van der Waals surface area contributed by atoms with Gasteiger partial charge in [0.15, 0.2) is 0 Å². The molecule has 1 aliphatic rings. The summed E-state index contributed by atoms with van der Waals surface area (Å²) in [6, 6.07) is 11.7. The normalized spacial score (nSPS) is 14.1. The number of urea groups is 2. The number of carbonyl (C=O) groups excluding carboxylic acids is 3. The number of carboxylic acid groups (broad SMARTS) is 1. The van der Waals surface area contributed by atoms with Gasteiger partial charge in [0.05, 0.1) is 19.2 Å². The Balaban J connectivity index is 1.50. The quantitative estimate of drug-likeness (QED) is 0.383. The number of nitrogens with zero attached hydrogens (tertiary/aromatic N) is 2. The van der Waals surface area contributed by atoms with Crippen LogP contribution in [0.15, 0.2) is 42.5 Å². The summed E-state index contributed by atoms with van der Waals surface area (Å²) in [6.45, 7) is 5.42. The van der Waals surface area contributed by atoms with Gasteiger partial charge in [-0.2, -0.15) is 0 Å². The number of carboxylic acids is 1. The minimum Gasteiger partial charge on any atom is -0.495 e. The van der Waals surface area contributed by atoms with Gasteiger partial charge in [-0.3, -0.25) is 9.59 Å². The number of anilines is 2. The lowest BCUT2D eigenvalue weighted by atomic mass is 10.1. The first-order valence-corrected chi connectivity index (χ1v) is 13.0. The van der Waals surface area contributed by atoms with E-state index in [-0.39, 0.29) is 24.4 Å². The van der Waals surface area contributed by atoms with Crippen LogP contribution in [0.1, 0.15) is 37.3 Å². The number of methoxy groups -OCH3 is 1. The fourth-order valence-corrected chi connectivity index (χ4v) is 4.38. The smallest absolute Gasteiger partial charge is 0.323 e. The van der Waals surface area contributed by atoms with Gasteiger partial charge in [0, 0.05) is 44.3 Å². The zero-order valence-corrected chi connectivity index (χ0v) is 22.7. The van der Waals surface area contributed by atoms with Crippen LogP contribution in [-0.2, 0) is 16.0 Å². The van der Waals surface area contributed by atoms with Gasteiger partial charge in [0.2, 0.25) is 5.91 Å². The summed E-state index contributed by atoms with van der Waals surface area (Å²) in [7, 11) is 1.52. The molecule has 1 saturated heterocycles. The summed E-state index contributed by atoms with van der Waals surface area (Å²) < 4.78 is 5.47. The van der Waals surface area contributed by atoms with E-state index in [0.717, 1.165) is 11.1 Å². The van der Waals surface area contributed by atoms with Crippen LogP contribution in [0.5, 0.6) is 5.75 Å². The molecule has 11 nitrogen and oxygen atoms in total. The number of hydrogen-bond acceptors (Lipinski definition) is 5. The van der Waals surface area contributed by atoms with E-state index in [9.17, 15) is 19.2 Å². The summed E-state index contributed by atoms with van der Waals surface area (Å²) >= 11 is 0. The number of para-hydroxylation sites is 1. The van der Waals surface area contributed by atoms with Gasteiger partial charge in [-0.15, -0.1) is 0 Å². The van der Waals surface area contributed by atoms with Gasteiger partial charge in [-0.25, -0.2) is 9.59 Å². The van der Waals surface area contributed by atoms with Crippen molar-refractivity contribution in [3.05, 3.63) is 53.6 Å². The minimum absolute atomic E-state index is 0.00437. The first-order valence-electron chi connectivity index (χ1n) is 13.0. The van der Waals surface area contributed by atoms with Gasteiger partial charge in [-0.05, 0) is 56.0 Å². The number of ether oxygens (including phenoxy) is 1. The zero-order valence-electron chi connectivity index (χ0n) is 22.7. The van der Waals surface area contributed by atoms with Crippen molar-refractivity contribution < 1.29 is 29.0 Å². The highest BCUT2D eigenvalue weighted by molar-refractivity contribution is 6.01. The number of nitrogens with one attached hydrogen (secondary N) is 3. The molecule has 210 valence electrons. The van der Waals surface area contributed by atoms with Gasteiger partial charge in [0.25, 0.3) is 0 Å². The average molecular weight is 540 g/mol. The fourth-order valence-electron chi connectivity index (χ4n) is 4.38. The lowest BCUT2D eigenvalue weighted by molar-refractivity contribution is -0.137. The topological polar surface area (TPSA) is 140 Å². The SMILES string of the molecule is COc1cc(CCC(=O)N2CCCN(C(=O)NC(C)CC(=O)O)CC2)ccc1NC(=O)Nc1ccccc1C. The third-order valence-corrected chi connectivity index (χ3v) is 6.52. The van der Waals surface area contributed by atoms with Crippen molar-refractivity contribution in [3.8, 4) is 5.75 Å². The largest absolute Gasteiger partial charge is 0.495 e. The van der Waals surface area contributed by atoms with Crippen molar-refractivity contribution in [2.45, 2.75) is 45.6 Å². The summed E-state index contributed by atoms with van der Waals surface area (Å²) in [5.74, 6) is -0.480. The number of aliphatic carboxylic acids is 1. The second kappa shape index (κ2) is 14.0. The van der Waals surface area contributed by atoms with Gasteiger partial charge in [0.1, 0.15) is 5.75 Å². The standard InChI is InChI=1S/C28H37N5O6/c1-19-7-4-5-8-22(19)30-27(37)31-23-11-9-21(18-24(23)39-3)10-12-25(34)32-13-6-14-33(16-15-32)28(38)29-20(2)17-26(35)36/h4-5,7-9,11,18,20H,6,10,12-17H2,1-3H3,(H,29,38)(H,35,36)(H2,30,31,37). The van der Waals surface area contributed by atoms with E-state index in [2.05, 4.69) is 16.0 Å². The highest BCUT2D eigenvalue weighted by atomic mass is 16.5. The van der Waals surface area contributed by atoms with Crippen molar-refractivity contribution in [3.63, 3.8) is 0 Å². The van der Waals surface area contributed by atoms with Crippen molar-refractivity contribution in [2.24, 2.45) is 0 Å². The molecule has 0 radical (unpaired) electrons. The Labute approximate surface area is 228 Å². The second-order valence-electron chi connectivity index (χ2n) is 9.60. The van der Waals surface area contributed by atoms with Crippen molar-refractivity contribution in [1.29, 1.82) is 0 Å². The number of rotatable bonds is 9. The second-order valence-corrected chi connectivity index (χ2v) is 9.60. The van der Waals surface area contributed by atoms with Crippen LogP contribution < -0.4 is 20.7 Å². The Morgan fingerprint density at radius 3 is 2.38 bits per heavy atom. The van der Waals surface area contributed by atoms with E-state index in [0.29, 0.717) is 62.6 Å². The first-order chi connectivity index (χ1) is 18.7. The minimum atomic E-state index is -0.970. The Morgan fingerprint density at radius 1 is 0.974 bits per heavy atom. The first kappa shape index (κ1) is 29.3. The summed E-state index contributed by atoms with van der Waals surface area (Å²) in [4.78, 5) is 52.1. The van der Waals surface area contributed by atoms with Gasteiger partial charge >= 0.3 is 18.0 Å². The molecular weight excluding hydrogens is 502 g/mol. The molecule has 1 fully saturated rings. The average Bonchev–Trinajstić information content (AvgIpc) is 3.15. The highest BCUT2D eigenvalue weighted by Gasteiger charge is 2.23. The van der Waals surface area contributed by atoms with Crippen molar-refractivity contribution >= 4 is 35.3 Å². The van der Waals surface area contributed by atoms with E-state index in [4.69, 9.17) is 9.84 Å². The summed E-state index contributed by atoms with van der Waals surface area (Å²) in [6.07, 6.45) is 1.29. The van der Waals surface area contributed by atoms with E-state index < -0.39 is 12.0 Å². The molecule has 39 heavy (non-hydrogen) atoms. The fraction of sp³-hybridized carbons (Fsp3) is 0.429. The van der Waals surface area contributed by atoms with Crippen LogP contribution in [-0.4, -0.2) is 78.2 Å². The van der Waals surface area contributed by atoms with Gasteiger partial charge in [-0.1, -0.05) is 24.3 Å². The van der Waals surface area contributed by atoms with E-state index in [1.54, 1.807) is 22.8 Å². The molecule has 0 bridgehead atoms. The lowest BCUT2D eigenvalue weighted by Gasteiger charge is -2.24. The molecule has 3 rings (SSSR count). The van der Waals surface area contributed by atoms with Crippen LogP contribution in [0.25, 0.3) is 0 Å². The Bertz CT molecular complexity index is 1190. The maximum Gasteiger partial charge on any atom is 0.323 e. The number of amides is 5. The molecule has 0 spiro atoms. The van der Waals surface area contributed by atoms with Crippen LogP contribution in [0.3, 0.4) is 0 Å². The number of aryl methyl sites for hydroxylation is 2. The molecule has 11 heteroatoms.